The molecule has 5 nitrogen and oxygen atoms in total. The standard InChI is InChI=1S/C11H17N3O2S/c1-11(2)6-17-10(13-11)12-7-4-5-8(15)14(3)9(7)16/h7H,4-6H2,1-3H3,(H,12,13). The Hall–Kier alpha value is -1.04. The van der Waals surface area contributed by atoms with Crippen molar-refractivity contribution < 1.29 is 9.59 Å². The Balaban J connectivity index is 2.07. The van der Waals surface area contributed by atoms with Crippen LogP contribution in [-0.2, 0) is 9.59 Å². The number of piperidine rings is 1. The van der Waals surface area contributed by atoms with Crippen LogP contribution in [0.5, 0.6) is 0 Å². The Morgan fingerprint density at radius 1 is 1.47 bits per heavy atom. The molecule has 17 heavy (non-hydrogen) atoms. The second kappa shape index (κ2) is 4.33. The molecule has 0 aromatic carbocycles. The molecule has 0 spiro atoms. The lowest BCUT2D eigenvalue weighted by Gasteiger charge is -2.25. The lowest BCUT2D eigenvalue weighted by Crippen LogP contribution is -2.45. The third kappa shape index (κ3) is 2.62. The molecule has 1 N–H and O–H groups in total. The van der Waals surface area contributed by atoms with E-state index < -0.39 is 6.04 Å². The SMILES string of the molecule is CN1C(=O)CCC(N=C2NC(C)(C)CS2)C1=O. The second-order valence-electron chi connectivity index (χ2n) is 5.08. The van der Waals surface area contributed by atoms with Crippen molar-refractivity contribution in [1.82, 2.24) is 10.2 Å². The van der Waals surface area contributed by atoms with Gasteiger partial charge in [-0.25, -0.2) is 4.99 Å². The smallest absolute Gasteiger partial charge is 0.253 e. The third-order valence-corrected chi connectivity index (χ3v) is 4.26. The van der Waals surface area contributed by atoms with Crippen molar-refractivity contribution in [1.29, 1.82) is 0 Å². The van der Waals surface area contributed by atoms with Gasteiger partial charge in [0.2, 0.25) is 5.91 Å². The normalized spacial score (nSPS) is 30.9. The number of imide groups is 1. The first-order chi connectivity index (χ1) is 7.89. The number of amidine groups is 1. The average molecular weight is 255 g/mol. The lowest BCUT2D eigenvalue weighted by molar-refractivity contribution is -0.147. The summed E-state index contributed by atoms with van der Waals surface area (Å²) in [6.45, 7) is 4.20. The fraction of sp³-hybridized carbons (Fsp3) is 0.727. The molecule has 2 aliphatic rings. The Morgan fingerprint density at radius 3 is 2.76 bits per heavy atom. The van der Waals surface area contributed by atoms with Gasteiger partial charge in [-0.3, -0.25) is 14.5 Å². The minimum atomic E-state index is -0.401. The Labute approximate surface area is 105 Å². The molecular formula is C11H17N3O2S. The van der Waals surface area contributed by atoms with E-state index in [0.29, 0.717) is 12.8 Å². The molecular weight excluding hydrogens is 238 g/mol. The maximum Gasteiger partial charge on any atom is 0.253 e. The molecule has 2 fully saturated rings. The molecule has 2 rings (SSSR count). The predicted molar refractivity (Wildman–Crippen MR) is 67.9 cm³/mol. The highest BCUT2D eigenvalue weighted by molar-refractivity contribution is 8.14. The van der Waals surface area contributed by atoms with Gasteiger partial charge in [-0.05, 0) is 20.3 Å². The molecule has 0 aromatic rings. The number of nitrogens with zero attached hydrogens (tertiary/aromatic N) is 2. The van der Waals surface area contributed by atoms with E-state index in [-0.39, 0.29) is 17.4 Å². The number of amides is 2. The number of hydrogen-bond acceptors (Lipinski definition) is 4. The van der Waals surface area contributed by atoms with Gasteiger partial charge in [0.15, 0.2) is 5.17 Å². The van der Waals surface area contributed by atoms with Crippen LogP contribution in [0, 0.1) is 0 Å². The number of likely N-dealkylation sites (N-methyl/N-ethyl adjacent to an activating group) is 1. The summed E-state index contributed by atoms with van der Waals surface area (Å²) in [5.41, 5.74) is 0.0307. The Bertz CT molecular complexity index is 392. The van der Waals surface area contributed by atoms with Gasteiger partial charge in [-0.2, -0.15) is 0 Å². The highest BCUT2D eigenvalue weighted by atomic mass is 32.2. The van der Waals surface area contributed by atoms with Crippen molar-refractivity contribution in [3.05, 3.63) is 0 Å². The molecule has 0 bridgehead atoms. The quantitative estimate of drug-likeness (QED) is 0.697. The number of carbonyl (C=O) groups excluding carboxylic acids is 2. The monoisotopic (exact) mass is 255 g/mol. The summed E-state index contributed by atoms with van der Waals surface area (Å²) in [6, 6.07) is -0.401. The van der Waals surface area contributed by atoms with Crippen molar-refractivity contribution in [3.8, 4) is 0 Å². The van der Waals surface area contributed by atoms with Gasteiger partial charge >= 0.3 is 0 Å². The fourth-order valence-corrected chi connectivity index (χ4v) is 2.96. The van der Waals surface area contributed by atoms with Crippen LogP contribution in [-0.4, -0.2) is 46.3 Å². The number of carbonyl (C=O) groups is 2. The summed E-state index contributed by atoms with van der Waals surface area (Å²) in [5.74, 6) is 0.640. The van der Waals surface area contributed by atoms with Gasteiger partial charge in [0, 0.05) is 24.8 Å². The van der Waals surface area contributed by atoms with Crippen LogP contribution in [0.15, 0.2) is 4.99 Å². The number of rotatable bonds is 1. The van der Waals surface area contributed by atoms with Crippen molar-refractivity contribution in [2.24, 2.45) is 4.99 Å². The Morgan fingerprint density at radius 2 is 2.18 bits per heavy atom. The van der Waals surface area contributed by atoms with Crippen LogP contribution in [0.2, 0.25) is 0 Å². The van der Waals surface area contributed by atoms with E-state index in [1.165, 1.54) is 11.9 Å². The summed E-state index contributed by atoms with van der Waals surface area (Å²) >= 11 is 1.63. The molecule has 0 aliphatic carbocycles. The molecule has 0 aromatic heterocycles. The molecule has 2 heterocycles. The summed E-state index contributed by atoms with van der Waals surface area (Å²) in [5, 5.41) is 4.10. The first-order valence-corrected chi connectivity index (χ1v) is 6.67. The van der Waals surface area contributed by atoms with Crippen molar-refractivity contribution in [3.63, 3.8) is 0 Å². The Kier molecular flexibility index (Phi) is 3.16. The van der Waals surface area contributed by atoms with Crippen molar-refractivity contribution >= 4 is 28.7 Å². The minimum Gasteiger partial charge on any atom is -0.359 e. The van der Waals surface area contributed by atoms with Crippen molar-refractivity contribution in [2.75, 3.05) is 12.8 Å². The molecule has 6 heteroatoms. The lowest BCUT2D eigenvalue weighted by atomic mass is 10.1. The number of hydrogen-bond donors (Lipinski definition) is 1. The molecule has 94 valence electrons. The van der Waals surface area contributed by atoms with Crippen LogP contribution < -0.4 is 5.32 Å². The number of thioether (sulfide) groups is 1. The van der Waals surface area contributed by atoms with Crippen molar-refractivity contribution in [2.45, 2.75) is 38.3 Å². The van der Waals surface area contributed by atoms with Crippen LogP contribution in [0.3, 0.4) is 0 Å². The van der Waals surface area contributed by atoms with Gasteiger partial charge in [0.25, 0.3) is 5.91 Å². The predicted octanol–water partition coefficient (Wildman–Crippen LogP) is 0.605. The zero-order valence-corrected chi connectivity index (χ0v) is 11.1. The third-order valence-electron chi connectivity index (χ3n) is 2.91. The van der Waals surface area contributed by atoms with E-state index in [2.05, 4.69) is 24.2 Å². The molecule has 1 atom stereocenters. The summed E-state index contributed by atoms with van der Waals surface area (Å²) in [4.78, 5) is 28.8. The zero-order valence-electron chi connectivity index (χ0n) is 10.3. The minimum absolute atomic E-state index is 0.0307. The van der Waals surface area contributed by atoms with Crippen LogP contribution in [0.4, 0.5) is 0 Å². The van der Waals surface area contributed by atoms with E-state index >= 15 is 0 Å². The largest absolute Gasteiger partial charge is 0.359 e. The van der Waals surface area contributed by atoms with Gasteiger partial charge in [-0.15, -0.1) is 0 Å². The van der Waals surface area contributed by atoms with Gasteiger partial charge in [-0.1, -0.05) is 11.8 Å². The van der Waals surface area contributed by atoms with Crippen LogP contribution in [0.1, 0.15) is 26.7 Å². The highest BCUT2D eigenvalue weighted by Gasteiger charge is 2.34. The van der Waals surface area contributed by atoms with E-state index in [1.54, 1.807) is 11.8 Å². The van der Waals surface area contributed by atoms with Gasteiger partial charge < -0.3 is 5.32 Å². The molecule has 1 unspecified atom stereocenters. The van der Waals surface area contributed by atoms with E-state index in [1.807, 2.05) is 0 Å². The second-order valence-corrected chi connectivity index (χ2v) is 6.04. The van der Waals surface area contributed by atoms with Crippen LogP contribution >= 0.6 is 11.8 Å². The van der Waals surface area contributed by atoms with E-state index in [0.717, 1.165) is 10.9 Å². The molecule has 2 saturated heterocycles. The number of aliphatic imine (C=N–C) groups is 1. The van der Waals surface area contributed by atoms with Gasteiger partial charge in [0.1, 0.15) is 6.04 Å². The van der Waals surface area contributed by atoms with Gasteiger partial charge in [0.05, 0.1) is 0 Å². The maximum atomic E-state index is 11.8. The average Bonchev–Trinajstić information content (AvgIpc) is 2.59. The van der Waals surface area contributed by atoms with E-state index in [4.69, 9.17) is 0 Å². The summed E-state index contributed by atoms with van der Waals surface area (Å²) in [6.07, 6.45) is 0.923. The maximum absolute atomic E-state index is 11.8. The zero-order chi connectivity index (χ0) is 12.6. The number of likely N-dealkylation sites (tertiary alicyclic amines) is 1. The first kappa shape index (κ1) is 12.4. The summed E-state index contributed by atoms with van der Waals surface area (Å²) in [7, 11) is 1.52. The van der Waals surface area contributed by atoms with E-state index in [9.17, 15) is 9.59 Å². The molecule has 2 aliphatic heterocycles. The molecule has 2 amide bonds. The topological polar surface area (TPSA) is 61.8 Å². The molecule has 0 radical (unpaired) electrons. The summed E-state index contributed by atoms with van der Waals surface area (Å²) < 4.78 is 0. The first-order valence-electron chi connectivity index (χ1n) is 5.68. The fourth-order valence-electron chi connectivity index (χ4n) is 1.84. The number of nitrogens with one attached hydrogen (secondary N) is 1. The molecule has 0 saturated carbocycles. The highest BCUT2D eigenvalue weighted by Crippen LogP contribution is 2.24. The van der Waals surface area contributed by atoms with Crippen LogP contribution in [0.25, 0.3) is 0 Å².